The summed E-state index contributed by atoms with van der Waals surface area (Å²) in [6.07, 6.45) is 0. The normalized spacial score (nSPS) is 20.8. The van der Waals surface area contributed by atoms with E-state index >= 15 is 0 Å². The predicted molar refractivity (Wildman–Crippen MR) is 120 cm³/mol. The van der Waals surface area contributed by atoms with Crippen molar-refractivity contribution in [2.24, 2.45) is 5.73 Å². The van der Waals surface area contributed by atoms with E-state index < -0.39 is 50.5 Å². The van der Waals surface area contributed by atoms with Crippen molar-refractivity contribution in [2.75, 3.05) is 5.32 Å². The average molecular weight is 514 g/mol. The lowest BCUT2D eigenvalue weighted by atomic mass is 9.88. The second-order valence-electron chi connectivity index (χ2n) is 7.54. The van der Waals surface area contributed by atoms with E-state index in [0.29, 0.717) is 11.8 Å². The molecule has 2 atom stereocenters. The van der Waals surface area contributed by atoms with Gasteiger partial charge in [0.1, 0.15) is 15.6 Å². The maximum absolute atomic E-state index is 14.6. The Balaban J connectivity index is 1.83. The van der Waals surface area contributed by atoms with Crippen molar-refractivity contribution in [3.8, 4) is 0 Å². The number of amides is 2. The van der Waals surface area contributed by atoms with Gasteiger partial charge in [0.2, 0.25) is 5.91 Å². The van der Waals surface area contributed by atoms with Crippen molar-refractivity contribution in [2.45, 2.75) is 15.7 Å². The third kappa shape index (κ3) is 3.64. The zero-order valence-electron chi connectivity index (χ0n) is 16.5. The van der Waals surface area contributed by atoms with Crippen molar-refractivity contribution >= 4 is 52.3 Å². The van der Waals surface area contributed by atoms with Crippen LogP contribution in [0.4, 0.5) is 18.9 Å². The molecule has 0 saturated heterocycles. The molecule has 2 amide bonds. The minimum absolute atomic E-state index is 0.206. The van der Waals surface area contributed by atoms with Gasteiger partial charge in [-0.15, -0.1) is 0 Å². The molecule has 0 radical (unpaired) electrons. The van der Waals surface area contributed by atoms with Gasteiger partial charge in [0.25, 0.3) is 5.91 Å². The first-order valence-corrected chi connectivity index (χ1v) is 10.6. The zero-order valence-corrected chi connectivity index (χ0v) is 18.8. The van der Waals surface area contributed by atoms with E-state index in [1.165, 1.54) is 12.1 Å². The highest BCUT2D eigenvalue weighted by Crippen LogP contribution is 2.74. The van der Waals surface area contributed by atoms with Crippen LogP contribution in [0.5, 0.6) is 0 Å². The number of hydrogen-bond donors (Lipinski definition) is 2. The lowest BCUT2D eigenvalue weighted by Crippen LogP contribution is -2.34. The first-order valence-electron chi connectivity index (χ1n) is 9.50. The van der Waals surface area contributed by atoms with Crippen molar-refractivity contribution in [1.82, 2.24) is 0 Å². The number of rotatable bonds is 5. The van der Waals surface area contributed by atoms with Gasteiger partial charge in [0.05, 0.1) is 10.6 Å². The van der Waals surface area contributed by atoms with Gasteiger partial charge in [-0.3, -0.25) is 9.59 Å². The van der Waals surface area contributed by atoms with Crippen LogP contribution in [0.15, 0.2) is 60.7 Å². The summed E-state index contributed by atoms with van der Waals surface area (Å²) in [5.41, 5.74) is 3.41. The Hall–Kier alpha value is -2.74. The Morgan fingerprint density at radius 2 is 1.61 bits per heavy atom. The fourth-order valence-corrected chi connectivity index (χ4v) is 5.35. The lowest BCUT2D eigenvalue weighted by Gasteiger charge is -2.17. The van der Waals surface area contributed by atoms with E-state index in [9.17, 15) is 22.8 Å². The second kappa shape index (κ2) is 8.24. The Morgan fingerprint density at radius 1 is 0.939 bits per heavy atom. The number of hydrogen-bond acceptors (Lipinski definition) is 2. The Labute approximate surface area is 201 Å². The molecule has 1 fully saturated rings. The standard InChI is InChI=1S/C23H14Cl3F3N2O2/c24-15-8-11(6-7-16(15)27)19-22(21(30)33,23(19,25)26)12-9-14(18(29)17(28)10-12)20(32)31-13-4-2-1-3-5-13/h1-10,19H,(H2,30,33)(H,31,32). The molecule has 4 nitrogen and oxygen atoms in total. The van der Waals surface area contributed by atoms with Crippen LogP contribution < -0.4 is 11.1 Å². The number of alkyl halides is 2. The van der Waals surface area contributed by atoms with Gasteiger partial charge in [-0.05, 0) is 47.5 Å². The van der Waals surface area contributed by atoms with Crippen molar-refractivity contribution < 1.29 is 22.8 Å². The number of anilines is 1. The molecule has 1 aliphatic rings. The number of nitrogens with two attached hydrogens (primary N) is 1. The molecule has 10 heteroatoms. The summed E-state index contributed by atoms with van der Waals surface area (Å²) < 4.78 is 40.9. The quantitative estimate of drug-likeness (QED) is 0.429. The van der Waals surface area contributed by atoms with Crippen molar-refractivity contribution in [3.63, 3.8) is 0 Å². The van der Waals surface area contributed by atoms with Crippen LogP contribution in [0, 0.1) is 17.5 Å². The molecule has 3 N–H and O–H groups in total. The number of benzene rings is 3. The number of carbonyl (C=O) groups is 2. The van der Waals surface area contributed by atoms with Crippen molar-refractivity contribution in [3.05, 3.63) is 99.8 Å². The van der Waals surface area contributed by atoms with Gasteiger partial charge >= 0.3 is 0 Å². The summed E-state index contributed by atoms with van der Waals surface area (Å²) in [5, 5.41) is 2.19. The first-order chi connectivity index (χ1) is 15.5. The molecule has 33 heavy (non-hydrogen) atoms. The predicted octanol–water partition coefficient (Wildman–Crippen LogP) is 5.70. The maximum atomic E-state index is 14.6. The van der Waals surface area contributed by atoms with Crippen molar-refractivity contribution in [1.29, 1.82) is 0 Å². The van der Waals surface area contributed by atoms with E-state index in [4.69, 9.17) is 40.5 Å². The maximum Gasteiger partial charge on any atom is 0.258 e. The van der Waals surface area contributed by atoms with Crippen LogP contribution in [0.2, 0.25) is 5.02 Å². The van der Waals surface area contributed by atoms with E-state index in [1.807, 2.05) is 0 Å². The minimum Gasteiger partial charge on any atom is -0.369 e. The molecule has 0 spiro atoms. The highest BCUT2D eigenvalue weighted by Gasteiger charge is 2.81. The SMILES string of the molecule is NC(=O)C1(c2cc(F)c(F)c(C(=O)Nc3ccccc3)c2)C(c2ccc(F)c(Cl)c2)C1(Cl)Cl. The van der Waals surface area contributed by atoms with Crippen LogP contribution in [-0.2, 0) is 10.2 Å². The largest absolute Gasteiger partial charge is 0.369 e. The molecule has 3 aromatic rings. The second-order valence-corrected chi connectivity index (χ2v) is 9.33. The van der Waals surface area contributed by atoms with Gasteiger partial charge in [0.15, 0.2) is 11.6 Å². The molecule has 3 aromatic carbocycles. The summed E-state index contributed by atoms with van der Waals surface area (Å²) >= 11 is 18.7. The Kier molecular flexibility index (Phi) is 5.85. The summed E-state index contributed by atoms with van der Waals surface area (Å²) in [7, 11) is 0. The van der Waals surface area contributed by atoms with Crippen LogP contribution in [0.25, 0.3) is 0 Å². The average Bonchev–Trinajstić information content (AvgIpc) is 3.30. The number of halogens is 6. The van der Waals surface area contributed by atoms with E-state index in [1.54, 1.807) is 30.3 Å². The third-order valence-electron chi connectivity index (χ3n) is 5.66. The van der Waals surface area contributed by atoms with Crippen LogP contribution in [0.3, 0.4) is 0 Å². The number of carbonyl (C=O) groups excluding carboxylic acids is 2. The van der Waals surface area contributed by atoms with Crippen LogP contribution in [-0.4, -0.2) is 16.1 Å². The highest BCUT2D eigenvalue weighted by atomic mass is 35.5. The smallest absolute Gasteiger partial charge is 0.258 e. The lowest BCUT2D eigenvalue weighted by molar-refractivity contribution is -0.120. The fourth-order valence-electron chi connectivity index (χ4n) is 4.07. The summed E-state index contributed by atoms with van der Waals surface area (Å²) in [6.45, 7) is 0. The molecular formula is C23H14Cl3F3N2O2. The molecule has 0 aliphatic heterocycles. The van der Waals surface area contributed by atoms with Crippen LogP contribution >= 0.6 is 34.8 Å². The fraction of sp³-hybridized carbons (Fsp3) is 0.130. The minimum atomic E-state index is -1.94. The van der Waals surface area contributed by atoms with Crippen LogP contribution in [0.1, 0.15) is 27.4 Å². The molecule has 1 saturated carbocycles. The molecule has 2 unspecified atom stereocenters. The topological polar surface area (TPSA) is 72.2 Å². The van der Waals surface area contributed by atoms with Gasteiger partial charge in [-0.2, -0.15) is 0 Å². The summed E-state index contributed by atoms with van der Waals surface area (Å²) in [4.78, 5) is 25.3. The van der Waals surface area contributed by atoms with Gasteiger partial charge in [0, 0.05) is 11.6 Å². The molecular weight excluding hydrogens is 500 g/mol. The van der Waals surface area contributed by atoms with E-state index in [-0.39, 0.29) is 16.1 Å². The number of nitrogens with one attached hydrogen (secondary N) is 1. The first kappa shape index (κ1) is 23.4. The Morgan fingerprint density at radius 3 is 2.21 bits per heavy atom. The van der Waals surface area contributed by atoms with Gasteiger partial charge < -0.3 is 11.1 Å². The number of para-hydroxylation sites is 1. The summed E-state index contributed by atoms with van der Waals surface area (Å²) in [6, 6.07) is 13.4. The zero-order chi connectivity index (χ0) is 24.1. The third-order valence-corrected chi connectivity index (χ3v) is 6.99. The monoisotopic (exact) mass is 512 g/mol. The molecule has 170 valence electrons. The molecule has 1 aliphatic carbocycles. The molecule has 0 aromatic heterocycles. The Bertz CT molecular complexity index is 1290. The van der Waals surface area contributed by atoms with E-state index in [0.717, 1.165) is 12.1 Å². The highest BCUT2D eigenvalue weighted by molar-refractivity contribution is 6.55. The summed E-state index contributed by atoms with van der Waals surface area (Å²) in [5.74, 6) is -6.62. The van der Waals surface area contributed by atoms with E-state index in [2.05, 4.69) is 5.32 Å². The molecule has 4 rings (SSSR count). The molecule has 0 heterocycles. The number of primary amides is 1. The van der Waals surface area contributed by atoms with Gasteiger partial charge in [-0.25, -0.2) is 13.2 Å². The van der Waals surface area contributed by atoms with Gasteiger partial charge in [-0.1, -0.05) is 59.1 Å². The molecule has 0 bridgehead atoms.